The van der Waals surface area contributed by atoms with E-state index in [4.69, 9.17) is 27.9 Å². The lowest BCUT2D eigenvalue weighted by Crippen LogP contribution is -2.01. The Bertz CT molecular complexity index is 630. The van der Waals surface area contributed by atoms with Crippen molar-refractivity contribution >= 4 is 29.0 Å². The normalized spacial score (nSPS) is 10.4. The molecule has 20 heavy (non-hydrogen) atoms. The lowest BCUT2D eigenvalue weighted by atomic mass is 10.0. The van der Waals surface area contributed by atoms with Crippen molar-refractivity contribution in [1.29, 1.82) is 0 Å². The van der Waals surface area contributed by atoms with Crippen LogP contribution in [0.4, 0.5) is 5.82 Å². The summed E-state index contributed by atoms with van der Waals surface area (Å²) in [5, 5.41) is 4.18. The van der Waals surface area contributed by atoms with Crippen LogP contribution in [0.1, 0.15) is 12.5 Å². The average molecular weight is 311 g/mol. The van der Waals surface area contributed by atoms with Gasteiger partial charge in [-0.1, -0.05) is 23.2 Å². The van der Waals surface area contributed by atoms with Crippen LogP contribution in [-0.2, 0) is 0 Å². The largest absolute Gasteiger partial charge is 0.497 e. The van der Waals surface area contributed by atoms with Gasteiger partial charge in [-0.2, -0.15) is 0 Å². The van der Waals surface area contributed by atoms with Crippen molar-refractivity contribution in [2.45, 2.75) is 13.8 Å². The molecule has 1 aromatic heterocycles. The number of benzene rings is 1. The zero-order valence-electron chi connectivity index (χ0n) is 11.6. The third kappa shape index (κ3) is 3.00. The van der Waals surface area contributed by atoms with Gasteiger partial charge in [0.05, 0.1) is 22.8 Å². The van der Waals surface area contributed by atoms with Crippen LogP contribution in [0.25, 0.3) is 11.3 Å². The van der Waals surface area contributed by atoms with E-state index in [2.05, 4.69) is 10.3 Å². The molecule has 0 atom stereocenters. The lowest BCUT2D eigenvalue weighted by molar-refractivity contribution is 0.414. The molecule has 0 radical (unpaired) electrons. The number of nitrogens with one attached hydrogen (secondary N) is 1. The molecule has 1 aromatic carbocycles. The minimum atomic E-state index is 0.520. The number of anilines is 1. The highest BCUT2D eigenvalue weighted by Gasteiger charge is 2.13. The molecule has 0 aliphatic heterocycles. The van der Waals surface area contributed by atoms with Gasteiger partial charge in [-0.15, -0.1) is 0 Å². The summed E-state index contributed by atoms with van der Waals surface area (Å²) in [6.07, 6.45) is 0. The first-order chi connectivity index (χ1) is 9.56. The van der Waals surface area contributed by atoms with Crippen molar-refractivity contribution < 1.29 is 4.74 Å². The van der Waals surface area contributed by atoms with Gasteiger partial charge >= 0.3 is 0 Å². The van der Waals surface area contributed by atoms with Crippen LogP contribution in [0, 0.1) is 6.92 Å². The number of pyridine rings is 1. The second-order valence-corrected chi connectivity index (χ2v) is 5.17. The summed E-state index contributed by atoms with van der Waals surface area (Å²) in [5.74, 6) is 1.45. The SMILES string of the molecule is CCNc1nc(-c2ccc(OC)cc2C)c(Cl)cc1Cl. The third-order valence-corrected chi connectivity index (χ3v) is 3.54. The molecule has 3 nitrogen and oxygen atoms in total. The molecule has 0 saturated carbocycles. The fourth-order valence-electron chi connectivity index (χ4n) is 1.98. The molecule has 5 heteroatoms. The molecule has 1 heterocycles. The van der Waals surface area contributed by atoms with Crippen molar-refractivity contribution in [2.75, 3.05) is 19.0 Å². The maximum absolute atomic E-state index is 6.28. The van der Waals surface area contributed by atoms with E-state index in [1.54, 1.807) is 13.2 Å². The number of ether oxygens (including phenoxy) is 1. The second kappa shape index (κ2) is 6.33. The van der Waals surface area contributed by atoms with Gasteiger partial charge in [0.15, 0.2) is 0 Å². The molecule has 0 aliphatic carbocycles. The highest BCUT2D eigenvalue weighted by atomic mass is 35.5. The molecule has 0 fully saturated rings. The van der Waals surface area contributed by atoms with Gasteiger partial charge in [-0.3, -0.25) is 0 Å². The van der Waals surface area contributed by atoms with E-state index in [-0.39, 0.29) is 0 Å². The van der Waals surface area contributed by atoms with Crippen molar-refractivity contribution in [3.63, 3.8) is 0 Å². The summed E-state index contributed by atoms with van der Waals surface area (Å²) < 4.78 is 5.21. The smallest absolute Gasteiger partial charge is 0.145 e. The molecule has 0 bridgehead atoms. The zero-order chi connectivity index (χ0) is 14.7. The van der Waals surface area contributed by atoms with Crippen LogP contribution in [0.5, 0.6) is 5.75 Å². The predicted molar refractivity (Wildman–Crippen MR) is 85.1 cm³/mol. The van der Waals surface area contributed by atoms with E-state index < -0.39 is 0 Å². The molecule has 1 N–H and O–H groups in total. The molecular formula is C15H16Cl2N2O. The van der Waals surface area contributed by atoms with Crippen LogP contribution in [-0.4, -0.2) is 18.6 Å². The predicted octanol–water partition coefficient (Wildman–Crippen LogP) is 4.80. The lowest BCUT2D eigenvalue weighted by Gasteiger charge is -2.12. The first kappa shape index (κ1) is 14.9. The minimum Gasteiger partial charge on any atom is -0.497 e. The van der Waals surface area contributed by atoms with E-state index >= 15 is 0 Å². The van der Waals surface area contributed by atoms with Gasteiger partial charge in [0.2, 0.25) is 0 Å². The van der Waals surface area contributed by atoms with Crippen LogP contribution in [0.3, 0.4) is 0 Å². The first-order valence-electron chi connectivity index (χ1n) is 6.31. The summed E-state index contributed by atoms with van der Waals surface area (Å²) in [6, 6.07) is 7.51. The van der Waals surface area contributed by atoms with Crippen molar-refractivity contribution in [3.8, 4) is 17.0 Å². The van der Waals surface area contributed by atoms with Gasteiger partial charge in [0.1, 0.15) is 11.6 Å². The van der Waals surface area contributed by atoms with Gasteiger partial charge in [-0.25, -0.2) is 4.98 Å². The van der Waals surface area contributed by atoms with E-state index in [1.807, 2.05) is 32.0 Å². The summed E-state index contributed by atoms with van der Waals surface area (Å²) in [6.45, 7) is 4.73. The molecule has 0 amide bonds. The Kier molecular flexibility index (Phi) is 4.73. The van der Waals surface area contributed by atoms with E-state index in [9.17, 15) is 0 Å². The number of halogens is 2. The number of aryl methyl sites for hydroxylation is 1. The average Bonchev–Trinajstić information content (AvgIpc) is 2.42. The summed E-state index contributed by atoms with van der Waals surface area (Å²) in [7, 11) is 1.64. The van der Waals surface area contributed by atoms with Crippen LogP contribution in [0.2, 0.25) is 10.0 Å². The van der Waals surface area contributed by atoms with Gasteiger partial charge in [0.25, 0.3) is 0 Å². The number of hydrogen-bond donors (Lipinski definition) is 1. The van der Waals surface area contributed by atoms with E-state index in [0.717, 1.165) is 23.4 Å². The van der Waals surface area contributed by atoms with Crippen LogP contribution < -0.4 is 10.1 Å². The Labute approximate surface area is 128 Å². The minimum absolute atomic E-state index is 0.520. The van der Waals surface area contributed by atoms with Crippen molar-refractivity contribution in [1.82, 2.24) is 4.98 Å². The number of nitrogens with zero attached hydrogens (tertiary/aromatic N) is 1. The Morgan fingerprint density at radius 2 is 1.95 bits per heavy atom. The van der Waals surface area contributed by atoms with Gasteiger partial charge in [-0.05, 0) is 43.7 Å². The fraction of sp³-hybridized carbons (Fsp3) is 0.267. The van der Waals surface area contributed by atoms with E-state index in [0.29, 0.717) is 21.6 Å². The Hall–Kier alpha value is -1.45. The van der Waals surface area contributed by atoms with Gasteiger partial charge in [0, 0.05) is 12.1 Å². The van der Waals surface area contributed by atoms with Crippen LogP contribution >= 0.6 is 23.2 Å². The Morgan fingerprint density at radius 3 is 2.55 bits per heavy atom. The topological polar surface area (TPSA) is 34.2 Å². The Balaban J connectivity index is 2.54. The number of aromatic nitrogens is 1. The third-order valence-electron chi connectivity index (χ3n) is 2.96. The molecule has 2 aromatic rings. The summed E-state index contributed by atoms with van der Waals surface area (Å²) in [4.78, 5) is 4.53. The number of methoxy groups -OCH3 is 1. The van der Waals surface area contributed by atoms with Crippen molar-refractivity contribution in [3.05, 3.63) is 39.9 Å². The highest BCUT2D eigenvalue weighted by molar-refractivity contribution is 6.37. The van der Waals surface area contributed by atoms with Crippen LogP contribution in [0.15, 0.2) is 24.3 Å². The molecule has 0 aliphatic rings. The monoisotopic (exact) mass is 310 g/mol. The standard InChI is InChI=1S/C15H16Cl2N2O/c1-4-18-15-13(17)8-12(16)14(19-15)11-6-5-10(20-3)7-9(11)2/h5-8H,4H2,1-3H3,(H,18,19). The molecule has 0 saturated heterocycles. The quantitative estimate of drug-likeness (QED) is 0.880. The highest BCUT2D eigenvalue weighted by Crippen LogP contribution is 2.34. The molecule has 0 unspecified atom stereocenters. The number of rotatable bonds is 4. The second-order valence-electron chi connectivity index (χ2n) is 4.36. The summed E-state index contributed by atoms with van der Waals surface area (Å²) >= 11 is 12.4. The first-order valence-corrected chi connectivity index (χ1v) is 7.07. The van der Waals surface area contributed by atoms with Crippen molar-refractivity contribution in [2.24, 2.45) is 0 Å². The van der Waals surface area contributed by atoms with Gasteiger partial charge < -0.3 is 10.1 Å². The maximum Gasteiger partial charge on any atom is 0.145 e. The Morgan fingerprint density at radius 1 is 1.20 bits per heavy atom. The molecule has 106 valence electrons. The fourth-order valence-corrected chi connectivity index (χ4v) is 2.50. The molecule has 0 spiro atoms. The molecular weight excluding hydrogens is 295 g/mol. The summed E-state index contributed by atoms with van der Waals surface area (Å²) in [5.41, 5.74) is 2.72. The van der Waals surface area contributed by atoms with E-state index in [1.165, 1.54) is 0 Å². The maximum atomic E-state index is 6.28. The molecule has 2 rings (SSSR count). The number of hydrogen-bond acceptors (Lipinski definition) is 3. The zero-order valence-corrected chi connectivity index (χ0v) is 13.1.